The van der Waals surface area contributed by atoms with Crippen molar-refractivity contribution in [3.8, 4) is 5.75 Å². The average molecular weight is 308 g/mol. The van der Waals surface area contributed by atoms with Gasteiger partial charge in [-0.05, 0) is 73.4 Å². The third-order valence-corrected chi connectivity index (χ3v) is 6.33. The number of Topliss-reactive ketones (excluding diaryl/α,β-unsaturated/α-hetero) is 1. The Labute approximate surface area is 138 Å². The Bertz CT molecular complexity index is 766. The summed E-state index contributed by atoms with van der Waals surface area (Å²) in [6.07, 6.45) is 6.02. The minimum Gasteiger partial charge on any atom is -0.497 e. The maximum absolute atomic E-state index is 12.1. The first-order chi connectivity index (χ1) is 11.0. The van der Waals surface area contributed by atoms with Gasteiger partial charge < -0.3 is 4.74 Å². The summed E-state index contributed by atoms with van der Waals surface area (Å²) >= 11 is 0. The molecule has 0 N–H and O–H groups in total. The van der Waals surface area contributed by atoms with Crippen molar-refractivity contribution >= 4 is 11.4 Å². The van der Waals surface area contributed by atoms with Crippen LogP contribution in [0.1, 0.15) is 57.1 Å². The van der Waals surface area contributed by atoms with Gasteiger partial charge in [-0.3, -0.25) is 4.79 Å². The van der Waals surface area contributed by atoms with Crippen LogP contribution in [0.5, 0.6) is 5.75 Å². The summed E-state index contributed by atoms with van der Waals surface area (Å²) in [5.41, 5.74) is 8.56. The lowest BCUT2D eigenvalue weighted by atomic mass is 9.58. The van der Waals surface area contributed by atoms with Crippen LogP contribution >= 0.6 is 0 Å². The molecule has 0 radical (unpaired) electrons. The summed E-state index contributed by atoms with van der Waals surface area (Å²) in [5, 5.41) is 0. The van der Waals surface area contributed by atoms with Gasteiger partial charge in [-0.25, -0.2) is 0 Å². The van der Waals surface area contributed by atoms with Crippen LogP contribution < -0.4 is 4.74 Å². The minimum atomic E-state index is 0.114. The Morgan fingerprint density at radius 3 is 2.61 bits per heavy atom. The molecule has 0 aromatic heterocycles. The Balaban J connectivity index is 1.87. The van der Waals surface area contributed by atoms with Crippen molar-refractivity contribution in [2.45, 2.75) is 52.4 Å². The zero-order chi connectivity index (χ0) is 16.2. The third kappa shape index (κ3) is 2.04. The van der Waals surface area contributed by atoms with Crippen molar-refractivity contribution in [2.75, 3.05) is 7.11 Å². The van der Waals surface area contributed by atoms with E-state index in [0.29, 0.717) is 12.2 Å². The normalized spacial score (nSPS) is 26.7. The molecule has 1 atom stereocenters. The third-order valence-electron chi connectivity index (χ3n) is 6.33. The first-order valence-electron chi connectivity index (χ1n) is 8.68. The van der Waals surface area contributed by atoms with Gasteiger partial charge in [-0.15, -0.1) is 0 Å². The first kappa shape index (κ1) is 14.7. The molecule has 0 aliphatic heterocycles. The van der Waals surface area contributed by atoms with E-state index >= 15 is 0 Å². The molecular weight excluding hydrogens is 284 g/mol. The number of hydrogen-bond acceptors (Lipinski definition) is 2. The monoisotopic (exact) mass is 308 g/mol. The molecule has 0 amide bonds. The molecule has 1 aromatic carbocycles. The number of hydrogen-bond donors (Lipinski definition) is 0. The molecule has 0 heterocycles. The number of carbonyl (C=O) groups is 1. The average Bonchev–Trinajstić information content (AvgIpc) is 2.57. The van der Waals surface area contributed by atoms with Crippen molar-refractivity contribution in [2.24, 2.45) is 5.41 Å². The molecule has 120 valence electrons. The largest absolute Gasteiger partial charge is 0.497 e. The van der Waals surface area contributed by atoms with Crippen LogP contribution in [-0.4, -0.2) is 12.9 Å². The van der Waals surface area contributed by atoms with Gasteiger partial charge in [0.1, 0.15) is 5.75 Å². The fourth-order valence-corrected chi connectivity index (χ4v) is 5.00. The lowest BCUT2D eigenvalue weighted by Gasteiger charge is -2.46. The van der Waals surface area contributed by atoms with E-state index in [4.69, 9.17) is 4.74 Å². The summed E-state index contributed by atoms with van der Waals surface area (Å²) in [6, 6.07) is 6.52. The lowest BCUT2D eigenvalue weighted by Crippen LogP contribution is -2.34. The van der Waals surface area contributed by atoms with Gasteiger partial charge in [-0.2, -0.15) is 0 Å². The van der Waals surface area contributed by atoms with Gasteiger partial charge in [0.15, 0.2) is 5.78 Å². The van der Waals surface area contributed by atoms with Gasteiger partial charge in [0.25, 0.3) is 0 Å². The molecule has 0 saturated carbocycles. The molecular formula is C21H24O2. The molecule has 0 fully saturated rings. The van der Waals surface area contributed by atoms with Crippen LogP contribution in [0.3, 0.4) is 0 Å². The lowest BCUT2D eigenvalue weighted by molar-refractivity contribution is -0.116. The summed E-state index contributed by atoms with van der Waals surface area (Å²) in [7, 11) is 1.73. The van der Waals surface area contributed by atoms with E-state index in [1.54, 1.807) is 18.3 Å². The van der Waals surface area contributed by atoms with Gasteiger partial charge in [0, 0.05) is 11.8 Å². The minimum absolute atomic E-state index is 0.114. The Morgan fingerprint density at radius 2 is 1.83 bits per heavy atom. The summed E-state index contributed by atoms with van der Waals surface area (Å²) < 4.78 is 5.39. The number of allylic oxidation sites excluding steroid dienone is 4. The summed E-state index contributed by atoms with van der Waals surface area (Å²) in [6.45, 7) is 4.42. The highest BCUT2D eigenvalue weighted by Crippen LogP contribution is 2.56. The van der Waals surface area contributed by atoms with Crippen molar-refractivity contribution in [3.05, 3.63) is 46.0 Å². The van der Waals surface area contributed by atoms with E-state index in [1.807, 2.05) is 6.92 Å². The molecule has 3 aliphatic rings. The number of methoxy groups -OCH3 is 1. The number of ether oxygens (including phenoxy) is 1. The number of ketones is 1. The van der Waals surface area contributed by atoms with Crippen molar-refractivity contribution < 1.29 is 9.53 Å². The highest BCUT2D eigenvalue weighted by molar-refractivity contribution is 5.97. The van der Waals surface area contributed by atoms with E-state index in [-0.39, 0.29) is 5.41 Å². The number of carbonyl (C=O) groups excluding carboxylic acids is 1. The molecule has 0 saturated heterocycles. The molecule has 2 heteroatoms. The Morgan fingerprint density at radius 1 is 1.04 bits per heavy atom. The maximum atomic E-state index is 12.1. The standard InChI is InChI=1S/C21H24O2/c1-13-18-9-7-17-16-6-5-15(23-3)12-14(16)4-8-19(17)21(18,2)11-10-20(13)22/h5-6,12H,4,7-11H2,1-3H3/t21-/m0/s1. The van der Waals surface area contributed by atoms with Crippen LogP contribution in [0.2, 0.25) is 0 Å². The molecule has 23 heavy (non-hydrogen) atoms. The molecule has 0 spiro atoms. The fourth-order valence-electron chi connectivity index (χ4n) is 5.00. The van der Waals surface area contributed by atoms with Gasteiger partial charge in [0.2, 0.25) is 0 Å². The second-order valence-electron chi connectivity index (χ2n) is 7.34. The highest BCUT2D eigenvalue weighted by Gasteiger charge is 2.43. The van der Waals surface area contributed by atoms with Crippen molar-refractivity contribution in [1.82, 2.24) is 0 Å². The summed E-state index contributed by atoms with van der Waals surface area (Å²) in [4.78, 5) is 12.1. The summed E-state index contributed by atoms with van der Waals surface area (Å²) in [5.74, 6) is 1.32. The van der Waals surface area contributed by atoms with E-state index in [1.165, 1.54) is 16.7 Å². The van der Waals surface area contributed by atoms with Crippen LogP contribution in [-0.2, 0) is 11.2 Å². The Kier molecular flexibility index (Phi) is 3.26. The molecule has 3 aliphatic carbocycles. The van der Waals surface area contributed by atoms with Gasteiger partial charge in [-0.1, -0.05) is 24.1 Å². The SMILES string of the molecule is COc1ccc2c(c1)CCC1=C2CCC2=C(C)C(=O)CC[C@@]21C. The number of rotatable bonds is 1. The van der Waals surface area contributed by atoms with Gasteiger partial charge >= 0.3 is 0 Å². The highest BCUT2D eigenvalue weighted by atomic mass is 16.5. The second-order valence-corrected chi connectivity index (χ2v) is 7.34. The van der Waals surface area contributed by atoms with Crippen LogP contribution in [0, 0.1) is 5.41 Å². The Hall–Kier alpha value is -1.83. The van der Waals surface area contributed by atoms with Gasteiger partial charge in [0.05, 0.1) is 7.11 Å². The van der Waals surface area contributed by atoms with Crippen LogP contribution in [0.25, 0.3) is 5.57 Å². The molecule has 0 bridgehead atoms. The number of aryl methyl sites for hydroxylation is 1. The fraction of sp³-hybridized carbons (Fsp3) is 0.476. The molecule has 4 rings (SSSR count). The predicted octanol–water partition coefficient (Wildman–Crippen LogP) is 4.87. The van der Waals surface area contributed by atoms with E-state index in [9.17, 15) is 4.79 Å². The van der Waals surface area contributed by atoms with E-state index in [2.05, 4.69) is 25.1 Å². The van der Waals surface area contributed by atoms with E-state index in [0.717, 1.165) is 43.4 Å². The van der Waals surface area contributed by atoms with Crippen LogP contribution in [0.4, 0.5) is 0 Å². The number of fused-ring (bicyclic) bond motifs is 4. The van der Waals surface area contributed by atoms with Crippen molar-refractivity contribution in [1.29, 1.82) is 0 Å². The molecule has 0 unspecified atom stereocenters. The quantitative estimate of drug-likeness (QED) is 0.739. The van der Waals surface area contributed by atoms with Crippen LogP contribution in [0.15, 0.2) is 34.9 Å². The first-order valence-corrected chi connectivity index (χ1v) is 8.68. The maximum Gasteiger partial charge on any atom is 0.158 e. The molecule has 1 aromatic rings. The second kappa shape index (κ2) is 5.09. The topological polar surface area (TPSA) is 26.3 Å². The smallest absolute Gasteiger partial charge is 0.158 e. The number of benzene rings is 1. The zero-order valence-electron chi connectivity index (χ0n) is 14.3. The van der Waals surface area contributed by atoms with Crippen molar-refractivity contribution in [3.63, 3.8) is 0 Å². The predicted molar refractivity (Wildman–Crippen MR) is 92.5 cm³/mol. The van der Waals surface area contributed by atoms with E-state index < -0.39 is 0 Å². The zero-order valence-corrected chi connectivity index (χ0v) is 14.3. The molecule has 2 nitrogen and oxygen atoms in total.